The van der Waals surface area contributed by atoms with E-state index < -0.39 is 35.1 Å². The summed E-state index contributed by atoms with van der Waals surface area (Å²) in [5.41, 5.74) is -0.147. The summed E-state index contributed by atoms with van der Waals surface area (Å²) in [5.74, 6) is -0.508. The molecule has 12 nitrogen and oxygen atoms in total. The third kappa shape index (κ3) is 6.87. The van der Waals surface area contributed by atoms with Crippen molar-refractivity contribution < 1.29 is 29.7 Å². The van der Waals surface area contributed by atoms with Crippen LogP contribution in [0.1, 0.15) is 71.0 Å². The zero-order valence-corrected chi connectivity index (χ0v) is 25.4. The number of ketones is 1. The Hall–Kier alpha value is -3.87. The van der Waals surface area contributed by atoms with Crippen molar-refractivity contribution in [3.8, 4) is 0 Å². The average molecular weight is 619 g/mol. The van der Waals surface area contributed by atoms with E-state index in [0.29, 0.717) is 27.4 Å². The summed E-state index contributed by atoms with van der Waals surface area (Å²) in [6.07, 6.45) is 6.98. The molecule has 13 heteroatoms. The molecule has 238 valence electrons. The highest BCUT2D eigenvalue weighted by Crippen LogP contribution is 2.53. The minimum atomic E-state index is -1.23. The Kier molecular flexibility index (Phi) is 9.09. The van der Waals surface area contributed by atoms with Crippen LogP contribution in [0.5, 0.6) is 0 Å². The van der Waals surface area contributed by atoms with Crippen LogP contribution in [-0.4, -0.2) is 58.1 Å². The lowest BCUT2D eigenvalue weighted by atomic mass is 9.54. The van der Waals surface area contributed by atoms with E-state index in [-0.39, 0.29) is 42.7 Å². The molecule has 2 aromatic rings. The molecule has 4 amide bonds. The summed E-state index contributed by atoms with van der Waals surface area (Å²) in [5, 5.41) is 11.3. The molecule has 0 saturated heterocycles. The van der Waals surface area contributed by atoms with Crippen LogP contribution in [0.3, 0.4) is 0 Å². The summed E-state index contributed by atoms with van der Waals surface area (Å²) in [6, 6.07) is 1.89. The second kappa shape index (κ2) is 12.8. The fraction of sp³-hybridized carbons (Fsp3) is 0.567. The molecule has 4 aliphatic carbocycles. The number of Topliss-reactive ketones (excluding diaryl/α,β-unsaturated/α-hetero) is 1. The van der Waals surface area contributed by atoms with E-state index in [1.54, 1.807) is 19.9 Å². The van der Waals surface area contributed by atoms with Gasteiger partial charge in [0.25, 0.3) is 17.4 Å². The van der Waals surface area contributed by atoms with Gasteiger partial charge in [-0.25, -0.2) is 4.98 Å². The van der Waals surface area contributed by atoms with Crippen molar-refractivity contribution in [3.63, 3.8) is 0 Å². The molecule has 4 bridgehead atoms. The molecule has 1 atom stereocenters. The van der Waals surface area contributed by atoms with Crippen molar-refractivity contribution in [3.05, 3.63) is 44.3 Å². The predicted molar refractivity (Wildman–Crippen MR) is 168 cm³/mol. The zero-order valence-electron chi connectivity index (χ0n) is 24.6. The van der Waals surface area contributed by atoms with Crippen molar-refractivity contribution in [1.82, 2.24) is 25.5 Å². The number of aromatic nitrogens is 2. The highest BCUT2D eigenvalue weighted by Gasteiger charge is 2.48. The number of pyridine rings is 1. The zero-order chi connectivity index (χ0) is 30.8. The van der Waals surface area contributed by atoms with Gasteiger partial charge in [0.2, 0.25) is 17.6 Å². The van der Waals surface area contributed by atoms with Crippen LogP contribution < -0.4 is 26.8 Å². The van der Waals surface area contributed by atoms with Crippen LogP contribution in [0.2, 0.25) is 0 Å². The molecule has 0 radical (unpaired) electrons. The number of nitrogens with zero attached hydrogens (tertiary/aromatic N) is 2. The molecular weight excluding hydrogens is 572 g/mol. The maximum absolute atomic E-state index is 13.3. The first-order valence-corrected chi connectivity index (χ1v) is 15.6. The van der Waals surface area contributed by atoms with Crippen molar-refractivity contribution in [2.24, 2.45) is 23.7 Å². The molecule has 4 saturated carbocycles. The maximum atomic E-state index is 13.3. The number of aryl methyl sites for hydroxylation is 2. The Morgan fingerprint density at radius 2 is 1.74 bits per heavy atom. The van der Waals surface area contributed by atoms with Gasteiger partial charge in [-0.1, -0.05) is 0 Å². The number of nitrogens with one attached hydrogen (secondary N) is 4. The number of thiazole rings is 1. The molecule has 4 fully saturated rings. The van der Waals surface area contributed by atoms with Gasteiger partial charge < -0.3 is 25.8 Å². The number of amides is 4. The highest BCUT2D eigenvalue weighted by atomic mass is 32.1. The van der Waals surface area contributed by atoms with E-state index in [1.807, 2.05) is 0 Å². The third-order valence-electron chi connectivity index (χ3n) is 9.02. The largest absolute Gasteiger partial charge is 0.353 e. The van der Waals surface area contributed by atoms with Crippen molar-refractivity contribution >= 4 is 46.4 Å². The van der Waals surface area contributed by atoms with Gasteiger partial charge in [-0.2, -0.15) is 0 Å². The van der Waals surface area contributed by atoms with Gasteiger partial charge in [0, 0.05) is 31.4 Å². The van der Waals surface area contributed by atoms with Crippen LogP contribution >= 0.6 is 11.3 Å². The Balaban J connectivity index is 0.00000276. The van der Waals surface area contributed by atoms with Gasteiger partial charge in [0.05, 0.1) is 10.7 Å². The number of carbonyl (C=O) groups is 5. The molecular formula is C30H46N6O6S. The highest BCUT2D eigenvalue weighted by molar-refractivity contribution is 7.13. The van der Waals surface area contributed by atoms with E-state index in [4.69, 9.17) is 0 Å². The lowest BCUT2D eigenvalue weighted by molar-refractivity contribution is -0.137. The lowest BCUT2D eigenvalue weighted by Crippen LogP contribution is -2.56. The minimum absolute atomic E-state index is 0. The molecule has 0 aromatic carbocycles. The molecule has 43 heavy (non-hydrogen) atoms. The van der Waals surface area contributed by atoms with Crippen molar-refractivity contribution in [2.45, 2.75) is 77.4 Å². The third-order valence-corrected chi connectivity index (χ3v) is 10.1. The normalized spacial score (nSPS) is 24.2. The van der Waals surface area contributed by atoms with Gasteiger partial charge >= 0.3 is 0 Å². The molecule has 2 heterocycles. The van der Waals surface area contributed by atoms with Crippen LogP contribution in [0, 0.1) is 37.5 Å². The molecule has 4 N–H and O–H groups in total. The van der Waals surface area contributed by atoms with Crippen molar-refractivity contribution in [1.29, 1.82) is 0 Å². The number of rotatable bonds is 11. The second-order valence-electron chi connectivity index (χ2n) is 12.1. The number of anilines is 1. The van der Waals surface area contributed by atoms with Crippen LogP contribution in [0.4, 0.5) is 5.69 Å². The molecule has 6 rings (SSSR count). The number of carbonyl (C=O) groups excluding carboxylic acids is 5. The second-order valence-corrected chi connectivity index (χ2v) is 13.3. The monoisotopic (exact) mass is 618 g/mol. The first-order chi connectivity index (χ1) is 20.5. The van der Waals surface area contributed by atoms with E-state index in [2.05, 4.69) is 26.3 Å². The first kappa shape index (κ1) is 30.6. The van der Waals surface area contributed by atoms with E-state index in [1.165, 1.54) is 41.6 Å². The van der Waals surface area contributed by atoms with Crippen LogP contribution in [0.15, 0.2) is 23.1 Å². The molecule has 0 aliphatic heterocycles. The van der Waals surface area contributed by atoms with Gasteiger partial charge in [-0.15, -0.1) is 11.3 Å². The summed E-state index contributed by atoms with van der Waals surface area (Å²) < 4.78 is 1.24. The maximum Gasteiger partial charge on any atom is 0.287 e. The summed E-state index contributed by atoms with van der Waals surface area (Å²) >= 11 is 1.17. The van der Waals surface area contributed by atoms with Crippen molar-refractivity contribution in [2.75, 3.05) is 12.4 Å². The topological polar surface area (TPSA) is 168 Å². The fourth-order valence-corrected chi connectivity index (χ4v) is 8.11. The van der Waals surface area contributed by atoms with Crippen LogP contribution in [-0.2, 0) is 25.7 Å². The summed E-state index contributed by atoms with van der Waals surface area (Å²) in [4.78, 5) is 81.0. The Bertz CT molecular complexity index is 1490. The van der Waals surface area contributed by atoms with E-state index in [9.17, 15) is 28.8 Å². The van der Waals surface area contributed by atoms with Gasteiger partial charge in [-0.3, -0.25) is 28.8 Å². The first-order valence-electron chi connectivity index (χ1n) is 14.8. The summed E-state index contributed by atoms with van der Waals surface area (Å²) in [6.45, 7) is 3.24. The molecule has 2 aromatic heterocycles. The minimum Gasteiger partial charge on any atom is -0.353 e. The Morgan fingerprint density at radius 1 is 1.07 bits per heavy atom. The lowest BCUT2D eigenvalue weighted by Gasteiger charge is -2.54. The van der Waals surface area contributed by atoms with Gasteiger partial charge in [0.15, 0.2) is 0 Å². The van der Waals surface area contributed by atoms with Crippen LogP contribution in [0.25, 0.3) is 0 Å². The van der Waals surface area contributed by atoms with E-state index in [0.717, 1.165) is 37.5 Å². The predicted octanol–water partition coefficient (Wildman–Crippen LogP) is 2.68. The van der Waals surface area contributed by atoms with Gasteiger partial charge in [-0.05, 0) is 88.2 Å². The fourth-order valence-electron chi connectivity index (χ4n) is 7.29. The smallest absolute Gasteiger partial charge is 0.287 e. The molecule has 0 unspecified atom stereocenters. The Morgan fingerprint density at radius 3 is 2.35 bits per heavy atom. The average Bonchev–Trinajstić information content (AvgIpc) is 3.31. The quantitative estimate of drug-likeness (QED) is 0.281. The number of hydrogen-bond donors (Lipinski definition) is 4. The van der Waals surface area contributed by atoms with Gasteiger partial charge in [0.1, 0.15) is 23.2 Å². The SMILES string of the molecule is CNC(=O)C(=O)CC[C@H](NC(=O)c1sc(C)nc1C)C(=O)Nc1cccn(CC(=O)NC2C3CC4CC(C3)CC2C4)c1=O.[HH].[HH].[HH].[HH]. The Labute approximate surface area is 259 Å². The summed E-state index contributed by atoms with van der Waals surface area (Å²) in [7, 11) is 1.32. The number of likely N-dealkylation sites (N-methyl/N-ethyl adjacent to an activating group) is 1. The molecule has 0 spiro atoms. The molecule has 4 aliphatic rings. The van der Waals surface area contributed by atoms with E-state index >= 15 is 0 Å². The standard InChI is InChI=1S/C30H38N6O6S.4H2/c1-15-26(43-16(2)32-15)29(41)33-21(6-7-23(37)28(40)31-3)27(39)34-22-5-4-8-36(30(22)42)14-24(38)35-25-19-10-17-9-18(12-19)13-20(25)11-17;;;;/h4-5,8,17-21,25H,6-7,9-14H2,1-3H3,(H,31,40)(H,33,41)(H,34,39)(H,35,38);4*1H/t17?,18?,19?,20?,21-,25?;;;;/m0..../s1. The number of hydrogen-bond acceptors (Lipinski definition) is 8.